The molecule has 0 radical (unpaired) electrons. The maximum absolute atomic E-state index is 14.0. The van der Waals surface area contributed by atoms with Crippen molar-refractivity contribution in [1.29, 1.82) is 0 Å². The monoisotopic (exact) mass is 319 g/mol. The minimum Gasteiger partial charge on any atom is -0.395 e. The normalized spacial score (nSPS) is 10.6. The highest BCUT2D eigenvalue weighted by molar-refractivity contribution is 5.89. The molecule has 2 amide bonds. The number of halogens is 1. The molecule has 2 N–H and O–H groups in total. The topological polar surface area (TPSA) is 57.5 Å². The Labute approximate surface area is 135 Å². The molecular formula is C17H22FN3O2. The van der Waals surface area contributed by atoms with Crippen molar-refractivity contribution in [3.05, 3.63) is 48.5 Å². The van der Waals surface area contributed by atoms with E-state index in [2.05, 4.69) is 5.32 Å². The highest BCUT2D eigenvalue weighted by atomic mass is 19.1. The number of urea groups is 1. The largest absolute Gasteiger partial charge is 0.395 e. The van der Waals surface area contributed by atoms with E-state index in [1.165, 1.54) is 11.0 Å². The van der Waals surface area contributed by atoms with E-state index in [9.17, 15) is 9.18 Å². The number of aliphatic hydroxyl groups is 1. The molecule has 0 bridgehead atoms. The fraction of sp³-hybridized carbons (Fsp3) is 0.353. The second kappa shape index (κ2) is 8.33. The zero-order chi connectivity index (χ0) is 16.7. The molecule has 5 nitrogen and oxygen atoms in total. The number of benzene rings is 1. The third kappa shape index (κ3) is 4.56. The third-order valence-corrected chi connectivity index (χ3v) is 3.53. The van der Waals surface area contributed by atoms with Crippen LogP contribution in [0.2, 0.25) is 0 Å². The van der Waals surface area contributed by atoms with Crippen molar-refractivity contribution >= 4 is 11.7 Å². The van der Waals surface area contributed by atoms with Gasteiger partial charge < -0.3 is 19.9 Å². The smallest absolute Gasteiger partial charge is 0.322 e. The number of nitrogens with one attached hydrogen (secondary N) is 1. The van der Waals surface area contributed by atoms with Crippen LogP contribution in [0.4, 0.5) is 14.9 Å². The van der Waals surface area contributed by atoms with Crippen LogP contribution in [0, 0.1) is 5.82 Å². The first-order valence-corrected chi connectivity index (χ1v) is 7.75. The average Bonchev–Trinajstić information content (AvgIpc) is 3.08. The molecule has 6 heteroatoms. The molecule has 0 aliphatic rings. The first-order chi connectivity index (χ1) is 11.2. The fourth-order valence-electron chi connectivity index (χ4n) is 2.26. The molecule has 2 aromatic rings. The quantitative estimate of drug-likeness (QED) is 0.823. The van der Waals surface area contributed by atoms with E-state index in [1.54, 1.807) is 12.1 Å². The molecule has 0 fully saturated rings. The van der Waals surface area contributed by atoms with Gasteiger partial charge in [-0.3, -0.25) is 0 Å². The highest BCUT2D eigenvalue weighted by Crippen LogP contribution is 2.19. The van der Waals surface area contributed by atoms with Crippen LogP contribution in [0.5, 0.6) is 0 Å². The van der Waals surface area contributed by atoms with Gasteiger partial charge in [0, 0.05) is 31.2 Å². The summed E-state index contributed by atoms with van der Waals surface area (Å²) in [7, 11) is 0. The van der Waals surface area contributed by atoms with Crippen LogP contribution in [0.3, 0.4) is 0 Å². The molecule has 1 aromatic carbocycles. The molecule has 0 atom stereocenters. The number of carbonyl (C=O) groups excluding carboxylic acids is 1. The Morgan fingerprint density at radius 1 is 1.30 bits per heavy atom. The van der Waals surface area contributed by atoms with E-state index < -0.39 is 11.8 Å². The molecule has 0 aliphatic carbocycles. The molecule has 124 valence electrons. The standard InChI is InChI=1S/C17H22FN3O2/c1-2-3-8-21(11-12-22)17(23)19-16-13-14(6-7-15(16)18)20-9-4-5-10-20/h4-7,9-10,13,22H,2-3,8,11-12H2,1H3,(H,19,23). The molecule has 1 aromatic heterocycles. The lowest BCUT2D eigenvalue weighted by molar-refractivity contribution is 0.187. The van der Waals surface area contributed by atoms with Crippen molar-refractivity contribution < 1.29 is 14.3 Å². The molecule has 0 saturated heterocycles. The van der Waals surface area contributed by atoms with Crippen LogP contribution in [-0.4, -0.2) is 40.3 Å². The molecule has 0 spiro atoms. The lowest BCUT2D eigenvalue weighted by Crippen LogP contribution is -2.38. The van der Waals surface area contributed by atoms with Crippen LogP contribution in [0.1, 0.15) is 19.8 Å². The predicted octanol–water partition coefficient (Wildman–Crippen LogP) is 3.24. The van der Waals surface area contributed by atoms with Crippen molar-refractivity contribution in [1.82, 2.24) is 9.47 Å². The SMILES string of the molecule is CCCCN(CCO)C(=O)Nc1cc(-n2cccc2)ccc1F. The summed E-state index contributed by atoms with van der Waals surface area (Å²) in [4.78, 5) is 13.8. The van der Waals surface area contributed by atoms with Crippen molar-refractivity contribution in [3.63, 3.8) is 0 Å². The number of aliphatic hydroxyl groups excluding tert-OH is 1. The molecule has 0 aliphatic heterocycles. The minimum atomic E-state index is -0.492. The first-order valence-electron chi connectivity index (χ1n) is 7.75. The van der Waals surface area contributed by atoms with Gasteiger partial charge in [0.05, 0.1) is 12.3 Å². The number of amides is 2. The van der Waals surface area contributed by atoms with Gasteiger partial charge in [-0.15, -0.1) is 0 Å². The summed E-state index contributed by atoms with van der Waals surface area (Å²) in [6.07, 6.45) is 5.46. The number of hydrogen-bond donors (Lipinski definition) is 2. The molecule has 0 unspecified atom stereocenters. The van der Waals surface area contributed by atoms with E-state index in [1.807, 2.05) is 36.0 Å². The van der Waals surface area contributed by atoms with Crippen LogP contribution in [0.25, 0.3) is 5.69 Å². The Morgan fingerprint density at radius 2 is 2.04 bits per heavy atom. The highest BCUT2D eigenvalue weighted by Gasteiger charge is 2.15. The second-order valence-corrected chi connectivity index (χ2v) is 5.25. The summed E-state index contributed by atoms with van der Waals surface area (Å²) in [5, 5.41) is 11.7. The van der Waals surface area contributed by atoms with E-state index in [4.69, 9.17) is 5.11 Å². The third-order valence-electron chi connectivity index (χ3n) is 3.53. The summed E-state index contributed by atoms with van der Waals surface area (Å²) in [5.74, 6) is -0.492. The molecular weight excluding hydrogens is 297 g/mol. The lowest BCUT2D eigenvalue weighted by atomic mass is 10.2. The Bertz CT molecular complexity index is 629. The Balaban J connectivity index is 2.14. The Morgan fingerprint density at radius 3 is 2.70 bits per heavy atom. The minimum absolute atomic E-state index is 0.122. The van der Waals surface area contributed by atoms with Gasteiger partial charge in [-0.2, -0.15) is 0 Å². The first kappa shape index (κ1) is 17.0. The van der Waals surface area contributed by atoms with E-state index in [0.29, 0.717) is 6.54 Å². The maximum Gasteiger partial charge on any atom is 0.322 e. The Kier molecular flexibility index (Phi) is 6.17. The summed E-state index contributed by atoms with van der Waals surface area (Å²) in [6.45, 7) is 2.66. The van der Waals surface area contributed by atoms with E-state index in [0.717, 1.165) is 18.5 Å². The van der Waals surface area contributed by atoms with Gasteiger partial charge in [-0.25, -0.2) is 9.18 Å². The summed E-state index contributed by atoms with van der Waals surface area (Å²) < 4.78 is 15.8. The van der Waals surface area contributed by atoms with Gasteiger partial charge >= 0.3 is 6.03 Å². The van der Waals surface area contributed by atoms with E-state index >= 15 is 0 Å². The van der Waals surface area contributed by atoms with Gasteiger partial charge in [0.2, 0.25) is 0 Å². The number of aromatic nitrogens is 1. The van der Waals surface area contributed by atoms with E-state index in [-0.39, 0.29) is 18.8 Å². The van der Waals surface area contributed by atoms with Crippen molar-refractivity contribution in [3.8, 4) is 5.69 Å². The number of hydrogen-bond acceptors (Lipinski definition) is 2. The molecule has 23 heavy (non-hydrogen) atoms. The van der Waals surface area contributed by atoms with Crippen LogP contribution in [-0.2, 0) is 0 Å². The van der Waals surface area contributed by atoms with Gasteiger partial charge in [-0.1, -0.05) is 13.3 Å². The number of anilines is 1. The zero-order valence-electron chi connectivity index (χ0n) is 13.2. The average molecular weight is 319 g/mol. The van der Waals surface area contributed by atoms with Gasteiger partial charge in [-0.05, 0) is 36.8 Å². The van der Waals surface area contributed by atoms with Gasteiger partial charge in [0.1, 0.15) is 5.82 Å². The predicted molar refractivity (Wildman–Crippen MR) is 88.3 cm³/mol. The van der Waals surface area contributed by atoms with Crippen molar-refractivity contribution in [2.75, 3.05) is 25.0 Å². The summed E-state index contributed by atoms with van der Waals surface area (Å²) in [5.41, 5.74) is 0.884. The number of carbonyl (C=O) groups is 1. The number of unbranched alkanes of at least 4 members (excludes halogenated alkanes) is 1. The summed E-state index contributed by atoms with van der Waals surface area (Å²) >= 11 is 0. The van der Waals surface area contributed by atoms with Crippen molar-refractivity contribution in [2.45, 2.75) is 19.8 Å². The number of rotatable bonds is 7. The lowest BCUT2D eigenvalue weighted by Gasteiger charge is -2.22. The molecule has 0 saturated carbocycles. The van der Waals surface area contributed by atoms with Crippen LogP contribution >= 0.6 is 0 Å². The molecule has 2 rings (SSSR count). The zero-order valence-corrected chi connectivity index (χ0v) is 13.2. The summed E-state index contributed by atoms with van der Waals surface area (Å²) in [6, 6.07) is 7.89. The Hall–Kier alpha value is -2.34. The van der Waals surface area contributed by atoms with Crippen LogP contribution < -0.4 is 5.32 Å². The second-order valence-electron chi connectivity index (χ2n) is 5.25. The van der Waals surface area contributed by atoms with Gasteiger partial charge in [0.15, 0.2) is 0 Å². The van der Waals surface area contributed by atoms with Crippen molar-refractivity contribution in [2.24, 2.45) is 0 Å². The number of nitrogens with zero attached hydrogens (tertiary/aromatic N) is 2. The maximum atomic E-state index is 14.0. The molecule has 1 heterocycles. The van der Waals surface area contributed by atoms with Gasteiger partial charge in [0.25, 0.3) is 0 Å². The fourth-order valence-corrected chi connectivity index (χ4v) is 2.26. The van der Waals surface area contributed by atoms with Crippen LogP contribution in [0.15, 0.2) is 42.7 Å².